The molecular formula is C16H20Cl3N5O. The van der Waals surface area contributed by atoms with Gasteiger partial charge in [0.15, 0.2) is 0 Å². The van der Waals surface area contributed by atoms with Crippen LogP contribution in [0.5, 0.6) is 0 Å². The predicted molar refractivity (Wildman–Crippen MR) is 103 cm³/mol. The van der Waals surface area contributed by atoms with Crippen molar-refractivity contribution in [3.63, 3.8) is 0 Å². The summed E-state index contributed by atoms with van der Waals surface area (Å²) in [6, 6.07) is 5.08. The molecule has 2 aromatic rings. The van der Waals surface area contributed by atoms with Crippen LogP contribution >= 0.6 is 35.6 Å². The van der Waals surface area contributed by atoms with E-state index in [0.717, 1.165) is 25.5 Å². The van der Waals surface area contributed by atoms with Crippen molar-refractivity contribution in [3.05, 3.63) is 46.5 Å². The second-order valence-corrected chi connectivity index (χ2v) is 6.60. The standard InChI is InChI=1S/C16H19Cl2N5O.ClH/c1-22-6-5-20-16(22)14-9-19-4-7-23(14)10-15(24)21-13-3-2-11(17)8-12(13)18;/h2-3,5-6,8,14,19H,4,7,9-10H2,1H3,(H,21,24);1H. The van der Waals surface area contributed by atoms with Gasteiger partial charge < -0.3 is 15.2 Å². The molecule has 1 fully saturated rings. The molecule has 1 aliphatic heterocycles. The summed E-state index contributed by atoms with van der Waals surface area (Å²) in [6.45, 7) is 2.66. The minimum Gasteiger partial charge on any atom is -0.337 e. The van der Waals surface area contributed by atoms with Gasteiger partial charge in [-0.3, -0.25) is 9.69 Å². The van der Waals surface area contributed by atoms with E-state index >= 15 is 0 Å². The van der Waals surface area contributed by atoms with Gasteiger partial charge in [-0.15, -0.1) is 12.4 Å². The number of hydrogen-bond acceptors (Lipinski definition) is 4. The third-order valence-electron chi connectivity index (χ3n) is 4.06. The van der Waals surface area contributed by atoms with Crippen LogP contribution in [0, 0.1) is 0 Å². The Morgan fingerprint density at radius 3 is 2.92 bits per heavy atom. The molecule has 1 unspecified atom stereocenters. The lowest BCUT2D eigenvalue weighted by atomic mass is 10.1. The summed E-state index contributed by atoms with van der Waals surface area (Å²) in [5.41, 5.74) is 0.565. The van der Waals surface area contributed by atoms with Gasteiger partial charge in [-0.25, -0.2) is 4.98 Å². The fourth-order valence-corrected chi connectivity index (χ4v) is 3.31. The first kappa shape index (κ1) is 20.0. The number of nitrogens with zero attached hydrogens (tertiary/aromatic N) is 3. The van der Waals surface area contributed by atoms with Crippen molar-refractivity contribution in [2.75, 3.05) is 31.5 Å². The molecule has 0 bridgehead atoms. The lowest BCUT2D eigenvalue weighted by Gasteiger charge is -2.35. The maximum absolute atomic E-state index is 12.4. The molecule has 1 atom stereocenters. The minimum absolute atomic E-state index is 0. The number of aromatic nitrogens is 2. The number of benzene rings is 1. The Morgan fingerprint density at radius 2 is 2.24 bits per heavy atom. The number of halogens is 3. The van der Waals surface area contributed by atoms with E-state index in [1.165, 1.54) is 0 Å². The van der Waals surface area contributed by atoms with Gasteiger partial charge in [-0.05, 0) is 18.2 Å². The van der Waals surface area contributed by atoms with E-state index in [9.17, 15) is 4.79 Å². The van der Waals surface area contributed by atoms with E-state index in [1.807, 2.05) is 17.8 Å². The van der Waals surface area contributed by atoms with Crippen LogP contribution in [0.1, 0.15) is 11.9 Å². The summed E-state index contributed by atoms with van der Waals surface area (Å²) in [4.78, 5) is 19.0. The molecule has 25 heavy (non-hydrogen) atoms. The first-order chi connectivity index (χ1) is 11.5. The van der Waals surface area contributed by atoms with Gasteiger partial charge in [0.1, 0.15) is 5.82 Å². The monoisotopic (exact) mass is 403 g/mol. The van der Waals surface area contributed by atoms with Crippen molar-refractivity contribution in [1.29, 1.82) is 0 Å². The topological polar surface area (TPSA) is 62.2 Å². The van der Waals surface area contributed by atoms with Crippen LogP contribution < -0.4 is 10.6 Å². The smallest absolute Gasteiger partial charge is 0.238 e. The molecule has 2 N–H and O–H groups in total. The van der Waals surface area contributed by atoms with Gasteiger partial charge in [-0.2, -0.15) is 0 Å². The SMILES string of the molecule is Cl.Cn1ccnc1C1CNCCN1CC(=O)Nc1ccc(Cl)cc1Cl. The average molecular weight is 405 g/mol. The lowest BCUT2D eigenvalue weighted by Crippen LogP contribution is -2.49. The summed E-state index contributed by atoms with van der Waals surface area (Å²) in [6.07, 6.45) is 3.69. The van der Waals surface area contributed by atoms with Crippen molar-refractivity contribution < 1.29 is 4.79 Å². The van der Waals surface area contributed by atoms with E-state index in [4.69, 9.17) is 23.2 Å². The number of rotatable bonds is 4. The van der Waals surface area contributed by atoms with E-state index in [2.05, 4.69) is 20.5 Å². The number of carbonyl (C=O) groups excluding carboxylic acids is 1. The first-order valence-corrected chi connectivity index (χ1v) is 8.47. The molecule has 2 heterocycles. The molecule has 1 saturated heterocycles. The third-order valence-corrected chi connectivity index (χ3v) is 4.61. The zero-order valence-electron chi connectivity index (χ0n) is 13.7. The van der Waals surface area contributed by atoms with Crippen molar-refractivity contribution in [2.24, 2.45) is 7.05 Å². The molecule has 1 aromatic carbocycles. The predicted octanol–water partition coefficient (Wildman–Crippen LogP) is 2.73. The van der Waals surface area contributed by atoms with Gasteiger partial charge in [-0.1, -0.05) is 23.2 Å². The summed E-state index contributed by atoms with van der Waals surface area (Å²) < 4.78 is 1.98. The van der Waals surface area contributed by atoms with E-state index in [0.29, 0.717) is 15.7 Å². The molecule has 136 valence electrons. The second kappa shape index (κ2) is 8.87. The molecular weight excluding hydrogens is 385 g/mol. The van der Waals surface area contributed by atoms with Crippen LogP contribution in [0.3, 0.4) is 0 Å². The van der Waals surface area contributed by atoms with Gasteiger partial charge in [0.2, 0.25) is 5.91 Å². The Labute approximate surface area is 162 Å². The van der Waals surface area contributed by atoms with Crippen LogP contribution in [0.15, 0.2) is 30.6 Å². The highest BCUT2D eigenvalue weighted by atomic mass is 35.5. The fourth-order valence-electron chi connectivity index (χ4n) is 2.85. The number of amides is 1. The third kappa shape index (κ3) is 4.86. The Balaban J connectivity index is 0.00000225. The van der Waals surface area contributed by atoms with Crippen LogP contribution in [0.25, 0.3) is 0 Å². The average Bonchev–Trinajstić information content (AvgIpc) is 2.97. The molecule has 0 radical (unpaired) electrons. The summed E-state index contributed by atoms with van der Waals surface area (Å²) in [7, 11) is 1.96. The summed E-state index contributed by atoms with van der Waals surface area (Å²) in [5, 5.41) is 7.17. The molecule has 0 spiro atoms. The molecule has 0 saturated carbocycles. The number of hydrogen-bond donors (Lipinski definition) is 2. The summed E-state index contributed by atoms with van der Waals surface area (Å²) in [5.74, 6) is 0.833. The van der Waals surface area contributed by atoms with Crippen molar-refractivity contribution in [3.8, 4) is 0 Å². The highest BCUT2D eigenvalue weighted by Gasteiger charge is 2.28. The Kier molecular flexibility index (Phi) is 7.10. The van der Waals surface area contributed by atoms with E-state index in [1.54, 1.807) is 24.4 Å². The minimum atomic E-state index is -0.111. The van der Waals surface area contributed by atoms with E-state index in [-0.39, 0.29) is 30.9 Å². The lowest BCUT2D eigenvalue weighted by molar-refractivity contribution is -0.118. The zero-order chi connectivity index (χ0) is 17.1. The van der Waals surface area contributed by atoms with Crippen molar-refractivity contribution in [2.45, 2.75) is 6.04 Å². The molecule has 1 aromatic heterocycles. The van der Waals surface area contributed by atoms with Crippen LogP contribution in [0.2, 0.25) is 10.0 Å². The molecule has 9 heteroatoms. The first-order valence-electron chi connectivity index (χ1n) is 7.71. The highest BCUT2D eigenvalue weighted by molar-refractivity contribution is 6.36. The van der Waals surface area contributed by atoms with Crippen LogP contribution in [-0.2, 0) is 11.8 Å². The Hall–Kier alpha value is -1.31. The van der Waals surface area contributed by atoms with Crippen molar-refractivity contribution in [1.82, 2.24) is 19.8 Å². The number of anilines is 1. The highest BCUT2D eigenvalue weighted by Crippen LogP contribution is 2.26. The van der Waals surface area contributed by atoms with Crippen molar-refractivity contribution >= 4 is 47.2 Å². The number of carbonyl (C=O) groups is 1. The molecule has 1 aliphatic rings. The Morgan fingerprint density at radius 1 is 1.44 bits per heavy atom. The number of piperazine rings is 1. The van der Waals surface area contributed by atoms with E-state index < -0.39 is 0 Å². The summed E-state index contributed by atoms with van der Waals surface area (Å²) >= 11 is 12.0. The largest absolute Gasteiger partial charge is 0.337 e. The molecule has 1 amide bonds. The quantitative estimate of drug-likeness (QED) is 0.822. The van der Waals surface area contributed by atoms with Gasteiger partial charge in [0, 0.05) is 44.1 Å². The number of imidazole rings is 1. The van der Waals surface area contributed by atoms with Crippen LogP contribution in [0.4, 0.5) is 5.69 Å². The maximum atomic E-state index is 12.4. The number of aryl methyl sites for hydroxylation is 1. The Bertz CT molecular complexity index is 736. The maximum Gasteiger partial charge on any atom is 0.238 e. The van der Waals surface area contributed by atoms with Gasteiger partial charge in [0.05, 0.1) is 23.3 Å². The van der Waals surface area contributed by atoms with Gasteiger partial charge >= 0.3 is 0 Å². The molecule has 6 nitrogen and oxygen atoms in total. The van der Waals surface area contributed by atoms with Crippen LogP contribution in [-0.4, -0.2) is 46.5 Å². The normalized spacial score (nSPS) is 17.8. The van der Waals surface area contributed by atoms with Gasteiger partial charge in [0.25, 0.3) is 0 Å². The molecule has 3 rings (SSSR count). The number of nitrogens with one attached hydrogen (secondary N) is 2. The fraction of sp³-hybridized carbons (Fsp3) is 0.375. The molecule has 0 aliphatic carbocycles. The zero-order valence-corrected chi connectivity index (χ0v) is 16.0. The second-order valence-electron chi connectivity index (χ2n) is 5.76.